The van der Waals surface area contributed by atoms with Gasteiger partial charge in [0.05, 0.1) is 27.2 Å². The highest BCUT2D eigenvalue weighted by molar-refractivity contribution is 7.92. The molecule has 0 aromatic heterocycles. The fourth-order valence-corrected chi connectivity index (χ4v) is 6.69. The summed E-state index contributed by atoms with van der Waals surface area (Å²) in [6.07, 6.45) is 0.895. The van der Waals surface area contributed by atoms with Gasteiger partial charge in [-0.15, -0.1) is 0 Å². The lowest BCUT2D eigenvalue weighted by Gasteiger charge is -2.34. The van der Waals surface area contributed by atoms with E-state index in [1.165, 1.54) is 17.0 Å². The summed E-state index contributed by atoms with van der Waals surface area (Å²) in [5.41, 5.74) is 1.66. The second-order valence-electron chi connectivity index (χ2n) is 10.5. The number of hydrogen-bond donors (Lipinski definition) is 1. The third kappa shape index (κ3) is 8.81. The molecule has 4 aromatic rings. The molecule has 0 spiro atoms. The zero-order valence-electron chi connectivity index (χ0n) is 25.7. The van der Waals surface area contributed by atoms with Crippen molar-refractivity contribution in [2.24, 2.45) is 0 Å². The van der Waals surface area contributed by atoms with E-state index in [1.54, 1.807) is 67.6 Å². The molecule has 46 heavy (non-hydrogen) atoms. The summed E-state index contributed by atoms with van der Waals surface area (Å²) in [7, 11) is -4.26. The molecule has 11 heteroatoms. The molecule has 242 valence electrons. The summed E-state index contributed by atoms with van der Waals surface area (Å²) in [5.74, 6) is -0.648. The van der Waals surface area contributed by atoms with Crippen LogP contribution in [-0.4, -0.2) is 50.9 Å². The molecule has 0 saturated heterocycles. The van der Waals surface area contributed by atoms with E-state index in [2.05, 4.69) is 5.32 Å². The number of hydrogen-bond acceptors (Lipinski definition) is 5. The Kier molecular flexibility index (Phi) is 12.5. The average molecular weight is 683 g/mol. The standard InChI is InChI=1S/C35H37Cl2N3O5S/c1-3-21-38-35(42)32(23-26-13-7-5-8-14-26)39(24-27-19-20-29(36)30(37)22-27)34(41)25-40(31-17-11-12-18-33(31)45-4-2)46(43,44)28-15-9-6-10-16-28/h5-20,22,32H,3-4,21,23-25H2,1-2H3,(H,38,42). The molecule has 0 aliphatic carbocycles. The normalized spacial score (nSPS) is 11.8. The maximum Gasteiger partial charge on any atom is 0.264 e. The van der Waals surface area contributed by atoms with Gasteiger partial charge in [-0.3, -0.25) is 13.9 Å². The Balaban J connectivity index is 1.84. The van der Waals surface area contributed by atoms with Crippen LogP contribution in [0.2, 0.25) is 10.0 Å². The van der Waals surface area contributed by atoms with Gasteiger partial charge in [-0.1, -0.05) is 96.9 Å². The van der Waals surface area contributed by atoms with E-state index >= 15 is 0 Å². The molecule has 0 saturated carbocycles. The summed E-state index contributed by atoms with van der Waals surface area (Å²) in [6, 6.07) is 27.9. The molecule has 0 heterocycles. The average Bonchev–Trinajstić information content (AvgIpc) is 3.07. The zero-order chi connectivity index (χ0) is 33.1. The summed E-state index contributed by atoms with van der Waals surface area (Å²) >= 11 is 12.5. The predicted octanol–water partition coefficient (Wildman–Crippen LogP) is 6.75. The van der Waals surface area contributed by atoms with Crippen LogP contribution < -0.4 is 14.4 Å². The lowest BCUT2D eigenvalue weighted by Crippen LogP contribution is -2.53. The summed E-state index contributed by atoms with van der Waals surface area (Å²) < 4.78 is 35.3. The highest BCUT2D eigenvalue weighted by Crippen LogP contribution is 2.33. The number of carbonyl (C=O) groups excluding carboxylic acids is 2. The fourth-order valence-electron chi connectivity index (χ4n) is 4.93. The number of sulfonamides is 1. The second kappa shape index (κ2) is 16.5. The van der Waals surface area contributed by atoms with Crippen LogP contribution in [0.5, 0.6) is 5.75 Å². The Morgan fingerprint density at radius 3 is 2.13 bits per heavy atom. The van der Waals surface area contributed by atoms with Crippen LogP contribution in [0.25, 0.3) is 0 Å². The van der Waals surface area contributed by atoms with Gasteiger partial charge in [0.1, 0.15) is 18.3 Å². The molecule has 8 nitrogen and oxygen atoms in total. The molecule has 4 rings (SSSR count). The molecular formula is C35H37Cl2N3O5S. The zero-order valence-corrected chi connectivity index (χ0v) is 28.1. The van der Waals surface area contributed by atoms with E-state index < -0.39 is 28.5 Å². The minimum atomic E-state index is -4.26. The van der Waals surface area contributed by atoms with Gasteiger partial charge in [-0.2, -0.15) is 0 Å². The first-order chi connectivity index (χ1) is 22.1. The smallest absolute Gasteiger partial charge is 0.264 e. The SMILES string of the molecule is CCCNC(=O)C(Cc1ccccc1)N(Cc1ccc(Cl)c(Cl)c1)C(=O)CN(c1ccccc1OCC)S(=O)(=O)c1ccccc1. The lowest BCUT2D eigenvalue weighted by atomic mass is 10.0. The number of carbonyl (C=O) groups is 2. The molecule has 0 aliphatic rings. The van der Waals surface area contributed by atoms with Crippen molar-refractivity contribution in [3.63, 3.8) is 0 Å². The largest absolute Gasteiger partial charge is 0.492 e. The van der Waals surface area contributed by atoms with Crippen LogP contribution in [0.15, 0.2) is 108 Å². The van der Waals surface area contributed by atoms with Crippen LogP contribution in [0, 0.1) is 0 Å². The molecule has 0 aliphatic heterocycles. The Labute approximate surface area is 280 Å². The van der Waals surface area contributed by atoms with E-state index in [1.807, 2.05) is 37.3 Å². The van der Waals surface area contributed by atoms with Gasteiger partial charge in [-0.05, 0) is 60.9 Å². The summed E-state index contributed by atoms with van der Waals surface area (Å²) in [5, 5.41) is 3.57. The number of amides is 2. The van der Waals surface area contributed by atoms with E-state index in [9.17, 15) is 18.0 Å². The van der Waals surface area contributed by atoms with Crippen molar-refractivity contribution in [2.75, 3.05) is 24.0 Å². The van der Waals surface area contributed by atoms with Crippen molar-refractivity contribution in [1.82, 2.24) is 10.2 Å². The van der Waals surface area contributed by atoms with E-state index in [0.29, 0.717) is 34.3 Å². The van der Waals surface area contributed by atoms with Crippen LogP contribution in [0.3, 0.4) is 0 Å². The first-order valence-corrected chi connectivity index (χ1v) is 17.2. The molecule has 0 fully saturated rings. The molecule has 0 bridgehead atoms. The second-order valence-corrected chi connectivity index (χ2v) is 13.2. The van der Waals surface area contributed by atoms with Crippen molar-refractivity contribution in [3.05, 3.63) is 124 Å². The Morgan fingerprint density at radius 1 is 0.826 bits per heavy atom. The summed E-state index contributed by atoms with van der Waals surface area (Å²) in [4.78, 5) is 29.8. The number of ether oxygens (including phenoxy) is 1. The quantitative estimate of drug-likeness (QED) is 0.150. The number of rotatable bonds is 15. The third-order valence-corrected chi connectivity index (χ3v) is 9.71. The molecule has 0 radical (unpaired) electrons. The number of nitrogens with one attached hydrogen (secondary N) is 1. The Morgan fingerprint density at radius 2 is 1.48 bits per heavy atom. The predicted molar refractivity (Wildman–Crippen MR) is 183 cm³/mol. The van der Waals surface area contributed by atoms with Gasteiger partial charge in [0.25, 0.3) is 10.0 Å². The van der Waals surface area contributed by atoms with Gasteiger partial charge in [0.2, 0.25) is 11.8 Å². The number of anilines is 1. The topological polar surface area (TPSA) is 96.0 Å². The third-order valence-electron chi connectivity index (χ3n) is 7.20. The number of nitrogens with zero attached hydrogens (tertiary/aromatic N) is 2. The van der Waals surface area contributed by atoms with Crippen LogP contribution in [0.4, 0.5) is 5.69 Å². The highest BCUT2D eigenvalue weighted by Gasteiger charge is 2.35. The molecule has 4 aromatic carbocycles. The van der Waals surface area contributed by atoms with E-state index in [-0.39, 0.29) is 36.1 Å². The van der Waals surface area contributed by atoms with Gasteiger partial charge in [-0.25, -0.2) is 8.42 Å². The number of para-hydroxylation sites is 2. The van der Waals surface area contributed by atoms with Gasteiger partial charge in [0, 0.05) is 19.5 Å². The van der Waals surface area contributed by atoms with Crippen molar-refractivity contribution in [3.8, 4) is 5.75 Å². The minimum Gasteiger partial charge on any atom is -0.492 e. The monoisotopic (exact) mass is 681 g/mol. The maximum absolute atomic E-state index is 14.6. The van der Waals surface area contributed by atoms with Crippen LogP contribution in [0.1, 0.15) is 31.4 Å². The molecule has 1 atom stereocenters. The minimum absolute atomic E-state index is 0.00617. The maximum atomic E-state index is 14.6. The Hall–Kier alpha value is -4.05. The molecular weight excluding hydrogens is 645 g/mol. The molecule has 1 N–H and O–H groups in total. The van der Waals surface area contributed by atoms with Crippen molar-refractivity contribution in [1.29, 1.82) is 0 Å². The van der Waals surface area contributed by atoms with Crippen LogP contribution >= 0.6 is 23.2 Å². The van der Waals surface area contributed by atoms with Crippen LogP contribution in [-0.2, 0) is 32.6 Å². The number of benzene rings is 4. The van der Waals surface area contributed by atoms with E-state index in [4.69, 9.17) is 27.9 Å². The fraction of sp³-hybridized carbons (Fsp3) is 0.257. The number of halogens is 2. The van der Waals surface area contributed by atoms with Crippen molar-refractivity contribution in [2.45, 2.75) is 44.2 Å². The lowest BCUT2D eigenvalue weighted by molar-refractivity contribution is -0.140. The van der Waals surface area contributed by atoms with Gasteiger partial charge in [0.15, 0.2) is 0 Å². The van der Waals surface area contributed by atoms with Crippen molar-refractivity contribution < 1.29 is 22.7 Å². The first kappa shape index (κ1) is 34.8. The molecule has 2 amide bonds. The first-order valence-electron chi connectivity index (χ1n) is 15.0. The Bertz CT molecular complexity index is 1720. The summed E-state index contributed by atoms with van der Waals surface area (Å²) in [6.45, 7) is 3.79. The highest BCUT2D eigenvalue weighted by atomic mass is 35.5. The molecule has 1 unspecified atom stereocenters. The van der Waals surface area contributed by atoms with E-state index in [0.717, 1.165) is 9.87 Å². The van der Waals surface area contributed by atoms with Gasteiger partial charge < -0.3 is 15.0 Å². The van der Waals surface area contributed by atoms with Gasteiger partial charge >= 0.3 is 0 Å². The van der Waals surface area contributed by atoms with Crippen molar-refractivity contribution >= 4 is 50.7 Å².